The van der Waals surface area contributed by atoms with Crippen molar-refractivity contribution in [3.8, 4) is 0 Å². The summed E-state index contributed by atoms with van der Waals surface area (Å²) in [5.41, 5.74) is 4.65. The first-order chi connectivity index (χ1) is 5.99. The van der Waals surface area contributed by atoms with E-state index in [-0.39, 0.29) is 5.91 Å². The molecule has 0 heterocycles. The van der Waals surface area contributed by atoms with E-state index in [0.717, 1.165) is 0 Å². The van der Waals surface area contributed by atoms with E-state index in [1.807, 2.05) is 6.92 Å². The van der Waals surface area contributed by atoms with Gasteiger partial charge in [0, 0.05) is 26.7 Å². The maximum Gasteiger partial charge on any atom is 0.254 e. The van der Waals surface area contributed by atoms with Crippen LogP contribution in [0.2, 0.25) is 0 Å². The van der Waals surface area contributed by atoms with Crippen LogP contribution in [0.15, 0.2) is 0 Å². The Balaban J connectivity index is 4.36. The lowest BCUT2D eigenvalue weighted by Crippen LogP contribution is -2.47. The lowest BCUT2D eigenvalue weighted by atomic mass is 10.1. The summed E-state index contributed by atoms with van der Waals surface area (Å²) in [7, 11) is 1.54. The molecule has 0 atom stereocenters. The van der Waals surface area contributed by atoms with Crippen molar-refractivity contribution in [2.75, 3.05) is 26.7 Å². The van der Waals surface area contributed by atoms with Gasteiger partial charge in [0.15, 0.2) is 0 Å². The van der Waals surface area contributed by atoms with Crippen molar-refractivity contribution in [2.24, 2.45) is 5.73 Å². The molecule has 0 aliphatic carbocycles. The zero-order chi connectivity index (χ0) is 10.5. The molecule has 2 N–H and O–H groups in total. The second kappa shape index (κ2) is 5.19. The molecule has 0 aliphatic heterocycles. The summed E-state index contributed by atoms with van der Waals surface area (Å²) in [5, 5.41) is 0. The molecule has 0 aromatic rings. The van der Waals surface area contributed by atoms with Crippen LogP contribution in [-0.4, -0.2) is 43.2 Å². The third-order valence-corrected chi connectivity index (χ3v) is 2.09. The smallest absolute Gasteiger partial charge is 0.254 e. The van der Waals surface area contributed by atoms with E-state index in [9.17, 15) is 4.79 Å². The molecule has 0 saturated carbocycles. The van der Waals surface area contributed by atoms with Crippen molar-refractivity contribution in [2.45, 2.75) is 26.4 Å². The van der Waals surface area contributed by atoms with E-state index < -0.39 is 5.60 Å². The van der Waals surface area contributed by atoms with Crippen LogP contribution < -0.4 is 5.73 Å². The van der Waals surface area contributed by atoms with Gasteiger partial charge in [0.25, 0.3) is 5.91 Å². The number of ether oxygens (including phenoxy) is 1. The van der Waals surface area contributed by atoms with Crippen molar-refractivity contribution in [3.63, 3.8) is 0 Å². The zero-order valence-corrected chi connectivity index (χ0v) is 8.96. The van der Waals surface area contributed by atoms with Crippen molar-refractivity contribution >= 4 is 5.91 Å². The Morgan fingerprint density at radius 3 is 2.38 bits per heavy atom. The zero-order valence-electron chi connectivity index (χ0n) is 8.96. The predicted molar refractivity (Wildman–Crippen MR) is 52.4 cm³/mol. The Hall–Kier alpha value is -0.610. The number of carbonyl (C=O) groups excluding carboxylic acids is 1. The second-order valence-electron chi connectivity index (χ2n) is 3.39. The van der Waals surface area contributed by atoms with Gasteiger partial charge < -0.3 is 15.4 Å². The van der Waals surface area contributed by atoms with Crippen LogP contribution in [0.25, 0.3) is 0 Å². The van der Waals surface area contributed by atoms with Crippen LogP contribution in [-0.2, 0) is 9.53 Å². The van der Waals surface area contributed by atoms with Gasteiger partial charge in [-0.2, -0.15) is 0 Å². The van der Waals surface area contributed by atoms with E-state index in [0.29, 0.717) is 19.6 Å². The number of nitrogens with zero attached hydrogens (tertiary/aromatic N) is 1. The third-order valence-electron chi connectivity index (χ3n) is 2.09. The molecule has 0 unspecified atom stereocenters. The number of hydrogen-bond donors (Lipinski definition) is 1. The molecule has 0 saturated heterocycles. The van der Waals surface area contributed by atoms with Crippen LogP contribution in [0.5, 0.6) is 0 Å². The fraction of sp³-hybridized carbons (Fsp3) is 0.889. The lowest BCUT2D eigenvalue weighted by molar-refractivity contribution is -0.150. The van der Waals surface area contributed by atoms with Crippen LogP contribution in [0, 0.1) is 0 Å². The molecule has 0 aromatic carbocycles. The first kappa shape index (κ1) is 12.4. The number of rotatable bonds is 5. The third kappa shape index (κ3) is 3.32. The van der Waals surface area contributed by atoms with Gasteiger partial charge in [0.05, 0.1) is 0 Å². The summed E-state index contributed by atoms with van der Waals surface area (Å²) < 4.78 is 5.10. The first-order valence-electron chi connectivity index (χ1n) is 4.54. The van der Waals surface area contributed by atoms with E-state index in [1.54, 1.807) is 18.7 Å². The van der Waals surface area contributed by atoms with Gasteiger partial charge in [0.1, 0.15) is 5.60 Å². The Kier molecular flexibility index (Phi) is 4.95. The van der Waals surface area contributed by atoms with Crippen LogP contribution in [0.1, 0.15) is 20.8 Å². The first-order valence-corrected chi connectivity index (χ1v) is 4.54. The fourth-order valence-corrected chi connectivity index (χ4v) is 1.03. The molecule has 0 bridgehead atoms. The Bertz CT molecular complexity index is 169. The number of carbonyl (C=O) groups is 1. The average molecular weight is 188 g/mol. The standard InChI is InChI=1S/C9H20N2O2/c1-5-11(7-6-10)8(12)9(2,3)13-4/h5-7,10H2,1-4H3. The minimum atomic E-state index is -0.745. The van der Waals surface area contributed by atoms with Crippen molar-refractivity contribution in [1.29, 1.82) is 0 Å². The number of likely N-dealkylation sites (N-methyl/N-ethyl adjacent to an activating group) is 1. The predicted octanol–water partition coefficient (Wildman–Crippen LogP) is 0.219. The van der Waals surface area contributed by atoms with E-state index in [2.05, 4.69) is 0 Å². The average Bonchev–Trinajstić information content (AvgIpc) is 2.13. The Morgan fingerprint density at radius 2 is 2.08 bits per heavy atom. The second-order valence-corrected chi connectivity index (χ2v) is 3.39. The van der Waals surface area contributed by atoms with Crippen molar-refractivity contribution < 1.29 is 9.53 Å². The molecular weight excluding hydrogens is 168 g/mol. The molecular formula is C9H20N2O2. The molecule has 0 aliphatic rings. The summed E-state index contributed by atoms with van der Waals surface area (Å²) >= 11 is 0. The molecule has 0 aromatic heterocycles. The van der Waals surface area contributed by atoms with E-state index in [1.165, 1.54) is 7.11 Å². The Morgan fingerprint density at radius 1 is 1.54 bits per heavy atom. The van der Waals surface area contributed by atoms with E-state index >= 15 is 0 Å². The highest BCUT2D eigenvalue weighted by atomic mass is 16.5. The molecule has 78 valence electrons. The molecule has 4 nitrogen and oxygen atoms in total. The summed E-state index contributed by atoms with van der Waals surface area (Å²) in [6, 6.07) is 0. The highest BCUT2D eigenvalue weighted by Gasteiger charge is 2.30. The quantitative estimate of drug-likeness (QED) is 0.671. The van der Waals surface area contributed by atoms with Gasteiger partial charge >= 0.3 is 0 Å². The highest BCUT2D eigenvalue weighted by molar-refractivity contribution is 5.84. The maximum atomic E-state index is 11.8. The monoisotopic (exact) mass is 188 g/mol. The molecule has 13 heavy (non-hydrogen) atoms. The maximum absolute atomic E-state index is 11.8. The number of nitrogens with two attached hydrogens (primary N) is 1. The number of amides is 1. The van der Waals surface area contributed by atoms with Gasteiger partial charge in [-0.05, 0) is 20.8 Å². The van der Waals surface area contributed by atoms with Gasteiger partial charge in [0.2, 0.25) is 0 Å². The summed E-state index contributed by atoms with van der Waals surface area (Å²) in [6.45, 7) is 7.19. The lowest BCUT2D eigenvalue weighted by Gasteiger charge is -2.29. The fourth-order valence-electron chi connectivity index (χ4n) is 1.03. The Labute approximate surface area is 80.0 Å². The number of methoxy groups -OCH3 is 1. The molecule has 0 fully saturated rings. The molecule has 0 rings (SSSR count). The summed E-state index contributed by atoms with van der Waals surface area (Å²) in [4.78, 5) is 13.5. The summed E-state index contributed by atoms with van der Waals surface area (Å²) in [5.74, 6) is -0.0112. The molecule has 1 amide bonds. The van der Waals surface area contributed by atoms with Crippen LogP contribution in [0.3, 0.4) is 0 Å². The van der Waals surface area contributed by atoms with Gasteiger partial charge in [-0.1, -0.05) is 0 Å². The minimum absolute atomic E-state index is 0.0112. The normalized spacial score (nSPS) is 11.5. The van der Waals surface area contributed by atoms with Crippen molar-refractivity contribution in [1.82, 2.24) is 4.90 Å². The van der Waals surface area contributed by atoms with E-state index in [4.69, 9.17) is 10.5 Å². The highest BCUT2D eigenvalue weighted by Crippen LogP contribution is 2.11. The van der Waals surface area contributed by atoms with Gasteiger partial charge in [-0.25, -0.2) is 0 Å². The topological polar surface area (TPSA) is 55.6 Å². The van der Waals surface area contributed by atoms with Crippen molar-refractivity contribution in [3.05, 3.63) is 0 Å². The van der Waals surface area contributed by atoms with Crippen LogP contribution in [0.4, 0.5) is 0 Å². The van der Waals surface area contributed by atoms with Crippen LogP contribution >= 0.6 is 0 Å². The van der Waals surface area contributed by atoms with Gasteiger partial charge in [-0.15, -0.1) is 0 Å². The minimum Gasteiger partial charge on any atom is -0.369 e. The van der Waals surface area contributed by atoms with Gasteiger partial charge in [-0.3, -0.25) is 4.79 Å². The number of hydrogen-bond acceptors (Lipinski definition) is 3. The molecule has 0 radical (unpaired) electrons. The summed E-state index contributed by atoms with van der Waals surface area (Å²) in [6.07, 6.45) is 0. The SMILES string of the molecule is CCN(CCN)C(=O)C(C)(C)OC. The largest absolute Gasteiger partial charge is 0.369 e. The molecule has 0 spiro atoms. The molecule has 4 heteroatoms.